The molecule has 264 valence electrons. The highest BCUT2D eigenvalue weighted by Crippen LogP contribution is 2.18. The van der Waals surface area contributed by atoms with Gasteiger partial charge in [-0.1, -0.05) is 116 Å². The highest BCUT2D eigenvalue weighted by Gasteiger charge is 2.19. The van der Waals surface area contributed by atoms with Gasteiger partial charge in [0.05, 0.1) is 0 Å². The molecule has 7 heteroatoms. The van der Waals surface area contributed by atoms with Crippen molar-refractivity contribution in [1.29, 1.82) is 0 Å². The number of hydrogen-bond acceptors (Lipinski definition) is 5. The van der Waals surface area contributed by atoms with Crippen molar-refractivity contribution in [1.82, 2.24) is 5.32 Å². The quantitative estimate of drug-likeness (QED) is 0.0367. The number of esters is 1. The molecular formula is C38H72N2O5. The second-order valence-electron chi connectivity index (χ2n) is 13.0. The van der Waals surface area contributed by atoms with Crippen molar-refractivity contribution in [2.45, 2.75) is 206 Å². The van der Waals surface area contributed by atoms with E-state index in [9.17, 15) is 19.5 Å². The number of carboxylic acids is 1. The zero-order chi connectivity index (χ0) is 33.2. The predicted molar refractivity (Wildman–Crippen MR) is 188 cm³/mol. The SMILES string of the molecule is CCCCC/C=C\CCCCCCCC(=O)OC(CCCCCCCCC)CCCCCCCC(=O)NC(CCCN)C(=O)O. The fourth-order valence-electron chi connectivity index (χ4n) is 5.68. The predicted octanol–water partition coefficient (Wildman–Crippen LogP) is 9.95. The average molecular weight is 637 g/mol. The molecule has 0 saturated carbocycles. The molecule has 0 aliphatic carbocycles. The highest BCUT2D eigenvalue weighted by molar-refractivity contribution is 5.83. The summed E-state index contributed by atoms with van der Waals surface area (Å²) in [5.41, 5.74) is 5.46. The third-order valence-electron chi connectivity index (χ3n) is 8.58. The Balaban J connectivity index is 4.23. The number of ether oxygens (including phenoxy) is 1. The largest absolute Gasteiger partial charge is 0.480 e. The minimum atomic E-state index is -1.00. The van der Waals surface area contributed by atoms with E-state index in [0.29, 0.717) is 32.2 Å². The number of rotatable bonds is 34. The molecule has 0 aromatic heterocycles. The minimum Gasteiger partial charge on any atom is -0.480 e. The maximum Gasteiger partial charge on any atom is 0.326 e. The van der Waals surface area contributed by atoms with E-state index in [4.69, 9.17) is 10.5 Å². The molecule has 0 aliphatic rings. The Labute approximate surface area is 277 Å². The topological polar surface area (TPSA) is 119 Å². The van der Waals surface area contributed by atoms with Crippen molar-refractivity contribution >= 4 is 17.8 Å². The van der Waals surface area contributed by atoms with Gasteiger partial charge in [-0.25, -0.2) is 4.79 Å². The van der Waals surface area contributed by atoms with Crippen LogP contribution in [0.1, 0.15) is 194 Å². The number of nitrogens with two attached hydrogens (primary N) is 1. The lowest BCUT2D eigenvalue weighted by atomic mass is 10.0. The normalized spacial score (nSPS) is 12.8. The van der Waals surface area contributed by atoms with Crippen LogP contribution in [-0.2, 0) is 19.1 Å². The molecule has 2 unspecified atom stereocenters. The zero-order valence-corrected chi connectivity index (χ0v) is 29.5. The third-order valence-corrected chi connectivity index (χ3v) is 8.58. The number of unbranched alkanes of at least 4 members (excludes halogenated alkanes) is 18. The van der Waals surface area contributed by atoms with Crippen molar-refractivity contribution < 1.29 is 24.2 Å². The van der Waals surface area contributed by atoms with E-state index >= 15 is 0 Å². The van der Waals surface area contributed by atoms with E-state index < -0.39 is 12.0 Å². The Hall–Kier alpha value is -1.89. The molecule has 7 nitrogen and oxygen atoms in total. The summed E-state index contributed by atoms with van der Waals surface area (Å²) in [6, 6.07) is -0.852. The molecule has 0 saturated heterocycles. The van der Waals surface area contributed by atoms with Crippen LogP contribution in [0.5, 0.6) is 0 Å². The highest BCUT2D eigenvalue weighted by atomic mass is 16.5. The Morgan fingerprint density at radius 1 is 0.622 bits per heavy atom. The van der Waals surface area contributed by atoms with Crippen LogP contribution < -0.4 is 11.1 Å². The van der Waals surface area contributed by atoms with Gasteiger partial charge in [0.15, 0.2) is 0 Å². The summed E-state index contributed by atoms with van der Waals surface area (Å²) in [5, 5.41) is 11.9. The maximum absolute atomic E-state index is 12.6. The number of carbonyl (C=O) groups is 3. The lowest BCUT2D eigenvalue weighted by Crippen LogP contribution is -2.40. The van der Waals surface area contributed by atoms with Gasteiger partial charge in [-0.05, 0) is 83.6 Å². The molecule has 0 radical (unpaired) electrons. The first kappa shape index (κ1) is 43.1. The molecule has 0 bridgehead atoms. The van der Waals surface area contributed by atoms with Gasteiger partial charge in [0.2, 0.25) is 5.91 Å². The molecule has 0 aliphatic heterocycles. The third kappa shape index (κ3) is 30.5. The van der Waals surface area contributed by atoms with Gasteiger partial charge < -0.3 is 20.9 Å². The second-order valence-corrected chi connectivity index (χ2v) is 13.0. The van der Waals surface area contributed by atoms with Crippen molar-refractivity contribution in [3.63, 3.8) is 0 Å². The fraction of sp³-hybridized carbons (Fsp3) is 0.868. The van der Waals surface area contributed by atoms with E-state index in [-0.39, 0.29) is 18.0 Å². The standard InChI is InChI=1S/C38H72N2O5/c1-3-5-7-9-11-12-13-14-15-17-22-26-32-37(42)45-34(28-23-19-16-10-8-6-4-2)29-24-20-18-21-25-31-36(41)40-35(38(43)44)30-27-33-39/h11-12,34-35H,3-10,13-33,39H2,1-2H3,(H,40,41)(H,43,44)/b12-11-. The monoisotopic (exact) mass is 637 g/mol. The van der Waals surface area contributed by atoms with Gasteiger partial charge in [0.25, 0.3) is 0 Å². The van der Waals surface area contributed by atoms with Crippen LogP contribution in [0, 0.1) is 0 Å². The van der Waals surface area contributed by atoms with E-state index in [1.54, 1.807) is 0 Å². The van der Waals surface area contributed by atoms with E-state index in [0.717, 1.165) is 64.2 Å². The molecule has 0 rings (SSSR count). The van der Waals surface area contributed by atoms with Gasteiger partial charge in [-0.15, -0.1) is 0 Å². The summed E-state index contributed by atoms with van der Waals surface area (Å²) in [5.74, 6) is -1.24. The molecule has 0 heterocycles. The van der Waals surface area contributed by atoms with Gasteiger partial charge in [-0.2, -0.15) is 0 Å². The molecule has 45 heavy (non-hydrogen) atoms. The number of hydrogen-bond donors (Lipinski definition) is 3. The minimum absolute atomic E-state index is 0.0181. The molecule has 0 spiro atoms. The number of allylic oxidation sites excluding steroid dienone is 2. The molecule has 2 atom stereocenters. The Morgan fingerprint density at radius 2 is 1.09 bits per heavy atom. The summed E-state index contributed by atoms with van der Waals surface area (Å²) < 4.78 is 5.98. The first-order chi connectivity index (χ1) is 21.9. The Kier molecular flexibility index (Phi) is 32.1. The second kappa shape index (κ2) is 33.5. The maximum atomic E-state index is 12.6. The summed E-state index contributed by atoms with van der Waals surface area (Å²) in [7, 11) is 0. The summed E-state index contributed by atoms with van der Waals surface area (Å²) in [6.07, 6.45) is 33.9. The van der Waals surface area contributed by atoms with Crippen LogP contribution in [0.3, 0.4) is 0 Å². The van der Waals surface area contributed by atoms with Crippen LogP contribution in [0.2, 0.25) is 0 Å². The average Bonchev–Trinajstić information content (AvgIpc) is 3.02. The number of aliphatic carboxylic acids is 1. The van der Waals surface area contributed by atoms with Crippen molar-refractivity contribution in [3.8, 4) is 0 Å². The van der Waals surface area contributed by atoms with E-state index in [1.807, 2.05) is 0 Å². The van der Waals surface area contributed by atoms with Gasteiger partial charge in [-0.3, -0.25) is 9.59 Å². The van der Waals surface area contributed by atoms with Crippen molar-refractivity contribution in [2.75, 3.05) is 6.54 Å². The first-order valence-corrected chi connectivity index (χ1v) is 19.0. The first-order valence-electron chi connectivity index (χ1n) is 19.0. The number of carbonyl (C=O) groups excluding carboxylic acids is 2. The van der Waals surface area contributed by atoms with Crippen molar-refractivity contribution in [3.05, 3.63) is 12.2 Å². The number of nitrogens with one attached hydrogen (secondary N) is 1. The number of carboxylic acid groups (broad SMARTS) is 1. The molecule has 0 aromatic carbocycles. The zero-order valence-electron chi connectivity index (χ0n) is 29.5. The Bertz CT molecular complexity index is 727. The van der Waals surface area contributed by atoms with Gasteiger partial charge in [0, 0.05) is 12.8 Å². The summed E-state index contributed by atoms with van der Waals surface area (Å²) >= 11 is 0. The van der Waals surface area contributed by atoms with E-state index in [2.05, 4.69) is 31.3 Å². The van der Waals surface area contributed by atoms with E-state index in [1.165, 1.54) is 89.9 Å². The van der Waals surface area contributed by atoms with Crippen LogP contribution >= 0.6 is 0 Å². The summed E-state index contributed by atoms with van der Waals surface area (Å²) in [4.78, 5) is 36.1. The Morgan fingerprint density at radius 3 is 1.64 bits per heavy atom. The van der Waals surface area contributed by atoms with Gasteiger partial charge in [0.1, 0.15) is 12.1 Å². The molecule has 0 fully saturated rings. The smallest absolute Gasteiger partial charge is 0.326 e. The fourth-order valence-corrected chi connectivity index (χ4v) is 5.68. The summed E-state index contributed by atoms with van der Waals surface area (Å²) in [6.45, 7) is 4.90. The van der Waals surface area contributed by atoms with Crippen LogP contribution in [0.4, 0.5) is 0 Å². The lowest BCUT2D eigenvalue weighted by molar-refractivity contribution is -0.150. The molecule has 0 aromatic rings. The lowest BCUT2D eigenvalue weighted by Gasteiger charge is -2.18. The molecular weight excluding hydrogens is 564 g/mol. The van der Waals surface area contributed by atoms with Crippen molar-refractivity contribution in [2.24, 2.45) is 5.73 Å². The van der Waals surface area contributed by atoms with Gasteiger partial charge >= 0.3 is 11.9 Å². The molecule has 1 amide bonds. The number of amides is 1. The van der Waals surface area contributed by atoms with Crippen LogP contribution in [0.25, 0.3) is 0 Å². The molecule has 4 N–H and O–H groups in total. The van der Waals surface area contributed by atoms with Crippen LogP contribution in [-0.4, -0.2) is 41.6 Å². The van der Waals surface area contributed by atoms with Crippen LogP contribution in [0.15, 0.2) is 12.2 Å².